The van der Waals surface area contributed by atoms with Gasteiger partial charge in [-0.2, -0.15) is 0 Å². The van der Waals surface area contributed by atoms with E-state index < -0.39 is 0 Å². The van der Waals surface area contributed by atoms with E-state index in [9.17, 15) is 0 Å². The van der Waals surface area contributed by atoms with Crippen LogP contribution in [0.3, 0.4) is 0 Å². The first kappa shape index (κ1) is 29.3. The minimum absolute atomic E-state index is 0.615. The molecule has 5 nitrogen and oxygen atoms in total. The Morgan fingerprint density at radius 2 is 0.780 bits per heavy atom. The molecule has 0 amide bonds. The van der Waals surface area contributed by atoms with Gasteiger partial charge in [0.05, 0.1) is 0 Å². The van der Waals surface area contributed by atoms with Crippen LogP contribution < -0.4 is 0 Å². The van der Waals surface area contributed by atoms with E-state index in [1.54, 1.807) is 6.33 Å². The number of aromatic nitrogens is 5. The van der Waals surface area contributed by atoms with Gasteiger partial charge in [-0.15, -0.1) is 0 Å². The first-order chi connectivity index (χ1) is 24.8. The van der Waals surface area contributed by atoms with Crippen molar-refractivity contribution in [2.24, 2.45) is 0 Å². The summed E-state index contributed by atoms with van der Waals surface area (Å²) in [7, 11) is 0. The quantitative estimate of drug-likeness (QED) is 0.169. The van der Waals surface area contributed by atoms with Gasteiger partial charge in [0.15, 0.2) is 17.5 Å². The third-order valence-electron chi connectivity index (χ3n) is 9.08. The first-order valence-corrected chi connectivity index (χ1v) is 16.6. The Hall–Kier alpha value is -6.85. The van der Waals surface area contributed by atoms with Crippen LogP contribution in [0.25, 0.3) is 89.1 Å². The molecule has 9 aromatic rings. The second kappa shape index (κ2) is 12.6. The van der Waals surface area contributed by atoms with Crippen molar-refractivity contribution >= 4 is 21.5 Å². The number of hydrogen-bond donors (Lipinski definition) is 0. The highest BCUT2D eigenvalue weighted by Gasteiger charge is 2.16. The summed E-state index contributed by atoms with van der Waals surface area (Å²) in [6.45, 7) is 0. The summed E-state index contributed by atoms with van der Waals surface area (Å²) in [5.74, 6) is 1.88. The van der Waals surface area contributed by atoms with Crippen molar-refractivity contribution in [1.29, 1.82) is 0 Å². The molecule has 0 N–H and O–H groups in total. The number of nitrogens with zero attached hydrogens (tertiary/aromatic N) is 5. The molecule has 0 fully saturated rings. The van der Waals surface area contributed by atoms with Crippen LogP contribution >= 0.6 is 0 Å². The zero-order valence-corrected chi connectivity index (χ0v) is 27.0. The monoisotopic (exact) mass is 639 g/mol. The van der Waals surface area contributed by atoms with Gasteiger partial charge in [0.2, 0.25) is 0 Å². The van der Waals surface area contributed by atoms with E-state index in [4.69, 9.17) is 15.0 Å². The van der Waals surface area contributed by atoms with Crippen molar-refractivity contribution in [3.8, 4) is 67.5 Å². The first-order valence-electron chi connectivity index (χ1n) is 16.6. The molecule has 0 aliphatic rings. The smallest absolute Gasteiger partial charge is 0.164 e. The van der Waals surface area contributed by atoms with Crippen LogP contribution in [0.2, 0.25) is 0 Å². The van der Waals surface area contributed by atoms with Gasteiger partial charge in [0, 0.05) is 34.6 Å². The molecule has 2 aromatic heterocycles. The third-order valence-corrected chi connectivity index (χ3v) is 9.08. The topological polar surface area (TPSA) is 64.5 Å². The summed E-state index contributed by atoms with van der Waals surface area (Å²) in [6, 6.07) is 55.0. The van der Waals surface area contributed by atoms with E-state index >= 15 is 0 Å². The van der Waals surface area contributed by atoms with E-state index in [1.807, 2.05) is 73.1 Å². The zero-order chi connectivity index (χ0) is 33.3. The maximum atomic E-state index is 5.10. The van der Waals surface area contributed by atoms with Crippen molar-refractivity contribution in [3.05, 3.63) is 176 Å². The molecule has 0 aliphatic heterocycles. The predicted octanol–water partition coefficient (Wildman–Crippen LogP) is 11.0. The SMILES string of the molecule is c1ccc(-c2nc(-c3ccccc3)nc(-c3cc(-c4ccc(-c5cncnc5)cc4)cc(-c4cc5ccccc5c5ccccc45)c3)n2)cc1. The minimum Gasteiger partial charge on any atom is -0.244 e. The molecule has 0 spiro atoms. The van der Waals surface area contributed by atoms with E-state index in [1.165, 1.54) is 21.5 Å². The molecule has 0 bridgehead atoms. The molecule has 0 saturated carbocycles. The van der Waals surface area contributed by atoms with Crippen LogP contribution in [-0.2, 0) is 0 Å². The molecule has 0 aliphatic carbocycles. The molecular weight excluding hydrogens is 611 g/mol. The third kappa shape index (κ3) is 5.57. The Morgan fingerprint density at radius 3 is 1.42 bits per heavy atom. The van der Waals surface area contributed by atoms with Crippen LogP contribution in [-0.4, -0.2) is 24.9 Å². The van der Waals surface area contributed by atoms with E-state index in [0.717, 1.165) is 50.1 Å². The van der Waals surface area contributed by atoms with Crippen molar-refractivity contribution in [3.63, 3.8) is 0 Å². The number of fused-ring (bicyclic) bond motifs is 3. The van der Waals surface area contributed by atoms with Gasteiger partial charge < -0.3 is 0 Å². The second-order valence-electron chi connectivity index (χ2n) is 12.2. The highest BCUT2D eigenvalue weighted by molar-refractivity contribution is 6.14. The van der Waals surface area contributed by atoms with Crippen molar-refractivity contribution in [2.45, 2.75) is 0 Å². The van der Waals surface area contributed by atoms with Crippen LogP contribution in [0.5, 0.6) is 0 Å². The van der Waals surface area contributed by atoms with Crippen LogP contribution in [0.4, 0.5) is 0 Å². The van der Waals surface area contributed by atoms with Gasteiger partial charge in [-0.25, -0.2) is 24.9 Å². The average Bonchev–Trinajstić information content (AvgIpc) is 3.21. The van der Waals surface area contributed by atoms with E-state index in [0.29, 0.717) is 17.5 Å². The lowest BCUT2D eigenvalue weighted by molar-refractivity contribution is 1.07. The van der Waals surface area contributed by atoms with Gasteiger partial charge in [0.25, 0.3) is 0 Å². The van der Waals surface area contributed by atoms with Crippen molar-refractivity contribution in [2.75, 3.05) is 0 Å². The molecular formula is C45H29N5. The van der Waals surface area contributed by atoms with Gasteiger partial charge >= 0.3 is 0 Å². The largest absolute Gasteiger partial charge is 0.244 e. The Bertz CT molecular complexity index is 2560. The lowest BCUT2D eigenvalue weighted by atomic mass is 9.90. The summed E-state index contributed by atoms with van der Waals surface area (Å²) >= 11 is 0. The molecule has 0 saturated heterocycles. The molecule has 234 valence electrons. The van der Waals surface area contributed by atoms with E-state index in [2.05, 4.69) is 107 Å². The van der Waals surface area contributed by atoms with Crippen molar-refractivity contribution < 1.29 is 0 Å². The van der Waals surface area contributed by atoms with Gasteiger partial charge in [-0.05, 0) is 73.6 Å². The van der Waals surface area contributed by atoms with Crippen LogP contribution in [0.1, 0.15) is 0 Å². The highest BCUT2D eigenvalue weighted by Crippen LogP contribution is 2.39. The molecule has 0 atom stereocenters. The fraction of sp³-hybridized carbons (Fsp3) is 0. The second-order valence-corrected chi connectivity index (χ2v) is 12.2. The van der Waals surface area contributed by atoms with Crippen LogP contribution in [0.15, 0.2) is 176 Å². The maximum Gasteiger partial charge on any atom is 0.164 e. The molecule has 9 rings (SSSR count). The molecule has 0 radical (unpaired) electrons. The summed E-state index contributed by atoms with van der Waals surface area (Å²) in [5, 5.41) is 4.85. The Morgan fingerprint density at radius 1 is 0.300 bits per heavy atom. The fourth-order valence-electron chi connectivity index (χ4n) is 6.61. The predicted molar refractivity (Wildman–Crippen MR) is 203 cm³/mol. The minimum atomic E-state index is 0.615. The fourth-order valence-corrected chi connectivity index (χ4v) is 6.61. The molecule has 7 aromatic carbocycles. The number of hydrogen-bond acceptors (Lipinski definition) is 5. The molecule has 50 heavy (non-hydrogen) atoms. The molecule has 5 heteroatoms. The normalized spacial score (nSPS) is 11.2. The number of rotatable bonds is 6. The van der Waals surface area contributed by atoms with Gasteiger partial charge in [0.1, 0.15) is 6.33 Å². The Kier molecular flexibility index (Phi) is 7.41. The molecule has 2 heterocycles. The molecule has 0 unspecified atom stereocenters. The van der Waals surface area contributed by atoms with E-state index in [-0.39, 0.29) is 0 Å². The standard InChI is InChI=1S/C45H29N5/c1-3-11-32(12-4-1)43-48-44(33-13-5-2-6-14-33)50-45(49-43)37-24-35(30-19-21-31(22-20-30)38-27-46-29-47-28-38)23-36(25-37)42-26-34-15-7-8-16-39(34)40-17-9-10-18-41(40)42/h1-29H. The summed E-state index contributed by atoms with van der Waals surface area (Å²) < 4.78 is 0. The Labute approximate surface area is 289 Å². The Balaban J connectivity index is 1.28. The lowest BCUT2D eigenvalue weighted by Crippen LogP contribution is -2.00. The van der Waals surface area contributed by atoms with Crippen LogP contribution in [0, 0.1) is 0 Å². The summed E-state index contributed by atoms with van der Waals surface area (Å²) in [4.78, 5) is 23.6. The lowest BCUT2D eigenvalue weighted by Gasteiger charge is -2.15. The van der Waals surface area contributed by atoms with Gasteiger partial charge in [-0.3, -0.25) is 0 Å². The number of benzene rings is 7. The summed E-state index contributed by atoms with van der Waals surface area (Å²) in [6.07, 6.45) is 5.22. The average molecular weight is 640 g/mol. The highest BCUT2D eigenvalue weighted by atomic mass is 15.0. The zero-order valence-electron chi connectivity index (χ0n) is 27.0. The summed E-state index contributed by atoms with van der Waals surface area (Å²) in [5.41, 5.74) is 9.20. The van der Waals surface area contributed by atoms with Gasteiger partial charge in [-0.1, -0.05) is 133 Å². The maximum absolute atomic E-state index is 5.10. The van der Waals surface area contributed by atoms with Crippen molar-refractivity contribution in [1.82, 2.24) is 24.9 Å².